The Hall–Kier alpha value is -3.05. The van der Waals surface area contributed by atoms with Crippen LogP contribution in [0.2, 0.25) is 5.02 Å². The number of hydrogen-bond acceptors (Lipinski definition) is 3. The highest BCUT2D eigenvalue weighted by molar-refractivity contribution is 6.36. The van der Waals surface area contributed by atoms with Gasteiger partial charge in [0, 0.05) is 60.4 Å². The monoisotopic (exact) mass is 407 g/mol. The number of benzene rings is 3. The van der Waals surface area contributed by atoms with E-state index in [0.717, 1.165) is 48.3 Å². The summed E-state index contributed by atoms with van der Waals surface area (Å²) in [6.45, 7) is 4.69. The Morgan fingerprint density at radius 2 is 1.52 bits per heavy atom. The molecule has 148 valence electrons. The van der Waals surface area contributed by atoms with Gasteiger partial charge in [-0.15, -0.1) is 0 Å². The molecule has 1 aliphatic heterocycles. The predicted octanol–water partition coefficient (Wildman–Crippen LogP) is 4.41. The number of rotatable bonds is 3. The summed E-state index contributed by atoms with van der Waals surface area (Å²) in [5.41, 5.74) is 2.41. The summed E-state index contributed by atoms with van der Waals surface area (Å²) in [4.78, 5) is 28.4. The third-order valence-electron chi connectivity index (χ3n) is 5.33. The molecule has 2 amide bonds. The van der Waals surface area contributed by atoms with Crippen LogP contribution in [-0.4, -0.2) is 42.9 Å². The normalized spacial score (nSPS) is 14.1. The van der Waals surface area contributed by atoms with Crippen molar-refractivity contribution in [2.45, 2.75) is 6.92 Å². The maximum atomic E-state index is 12.8. The predicted molar refractivity (Wildman–Crippen MR) is 118 cm³/mol. The average molecular weight is 408 g/mol. The second-order valence-electron chi connectivity index (χ2n) is 7.13. The number of carbonyl (C=O) groups excluding carboxylic acids is 2. The van der Waals surface area contributed by atoms with Gasteiger partial charge >= 0.3 is 0 Å². The van der Waals surface area contributed by atoms with Gasteiger partial charge in [-0.25, -0.2) is 0 Å². The molecule has 1 heterocycles. The van der Waals surface area contributed by atoms with Crippen LogP contribution in [0.15, 0.2) is 60.7 Å². The van der Waals surface area contributed by atoms with Gasteiger partial charge in [0.1, 0.15) is 0 Å². The van der Waals surface area contributed by atoms with Crippen LogP contribution in [0.1, 0.15) is 17.3 Å². The minimum atomic E-state index is -0.166. The second-order valence-corrected chi connectivity index (χ2v) is 7.54. The van der Waals surface area contributed by atoms with Crippen molar-refractivity contribution < 1.29 is 9.59 Å². The molecule has 1 fully saturated rings. The molecule has 1 aliphatic rings. The minimum absolute atomic E-state index is 0.123. The maximum Gasteiger partial charge on any atom is 0.256 e. The van der Waals surface area contributed by atoms with Crippen molar-refractivity contribution in [1.29, 1.82) is 0 Å². The van der Waals surface area contributed by atoms with E-state index in [1.807, 2.05) is 59.5 Å². The van der Waals surface area contributed by atoms with Crippen molar-refractivity contribution in [1.82, 2.24) is 4.90 Å². The van der Waals surface area contributed by atoms with Gasteiger partial charge in [0.25, 0.3) is 5.91 Å². The summed E-state index contributed by atoms with van der Waals surface area (Å²) in [5, 5.41) is 5.29. The minimum Gasteiger partial charge on any atom is -0.368 e. The molecule has 29 heavy (non-hydrogen) atoms. The number of hydrogen-bond donors (Lipinski definition) is 1. The topological polar surface area (TPSA) is 52.7 Å². The zero-order chi connectivity index (χ0) is 20.4. The van der Waals surface area contributed by atoms with E-state index < -0.39 is 0 Å². The Labute approximate surface area is 174 Å². The van der Waals surface area contributed by atoms with E-state index in [0.29, 0.717) is 10.6 Å². The molecule has 6 heteroatoms. The SMILES string of the molecule is CC(=O)N1CCN(c2ccc(NC(=O)c3cccc4c(Cl)cccc34)cc2)CC1. The van der Waals surface area contributed by atoms with Gasteiger partial charge in [0.15, 0.2) is 0 Å². The summed E-state index contributed by atoms with van der Waals surface area (Å²) in [6, 6.07) is 18.9. The summed E-state index contributed by atoms with van der Waals surface area (Å²) in [5.74, 6) is -0.0434. The highest BCUT2D eigenvalue weighted by atomic mass is 35.5. The molecule has 0 radical (unpaired) electrons. The first-order chi connectivity index (χ1) is 14.0. The van der Waals surface area contributed by atoms with Gasteiger partial charge in [-0.3, -0.25) is 9.59 Å². The number of nitrogens with zero attached hydrogens (tertiary/aromatic N) is 2. The standard InChI is InChI=1S/C23H22ClN3O2/c1-16(28)26-12-14-27(15-13-26)18-10-8-17(9-11-18)25-23(29)21-6-2-5-20-19(21)4-3-7-22(20)24/h2-11H,12-15H2,1H3,(H,25,29). The number of nitrogens with one attached hydrogen (secondary N) is 1. The van der Waals surface area contributed by atoms with E-state index in [2.05, 4.69) is 10.2 Å². The Morgan fingerprint density at radius 1 is 0.862 bits per heavy atom. The molecule has 3 aromatic carbocycles. The smallest absolute Gasteiger partial charge is 0.256 e. The van der Waals surface area contributed by atoms with Crippen LogP contribution in [0.25, 0.3) is 10.8 Å². The van der Waals surface area contributed by atoms with Crippen LogP contribution in [0.4, 0.5) is 11.4 Å². The van der Waals surface area contributed by atoms with E-state index in [9.17, 15) is 9.59 Å². The molecule has 5 nitrogen and oxygen atoms in total. The molecule has 1 saturated heterocycles. The third-order valence-corrected chi connectivity index (χ3v) is 5.66. The molecule has 0 unspecified atom stereocenters. The molecule has 0 spiro atoms. The number of halogens is 1. The van der Waals surface area contributed by atoms with Crippen molar-refractivity contribution in [2.75, 3.05) is 36.4 Å². The summed E-state index contributed by atoms with van der Waals surface area (Å²) in [6.07, 6.45) is 0. The highest BCUT2D eigenvalue weighted by Gasteiger charge is 2.19. The third kappa shape index (κ3) is 4.05. The van der Waals surface area contributed by atoms with E-state index in [1.54, 1.807) is 13.0 Å². The number of fused-ring (bicyclic) bond motifs is 1. The Morgan fingerprint density at radius 3 is 2.21 bits per heavy atom. The number of anilines is 2. The van der Waals surface area contributed by atoms with Crippen molar-refractivity contribution in [3.8, 4) is 0 Å². The van der Waals surface area contributed by atoms with Crippen LogP contribution < -0.4 is 10.2 Å². The van der Waals surface area contributed by atoms with Gasteiger partial charge in [-0.05, 0) is 41.8 Å². The van der Waals surface area contributed by atoms with Crippen molar-refractivity contribution in [3.05, 3.63) is 71.2 Å². The fourth-order valence-electron chi connectivity index (χ4n) is 3.70. The number of piperazine rings is 1. The molecule has 0 saturated carbocycles. The second kappa shape index (κ2) is 8.13. The van der Waals surface area contributed by atoms with E-state index in [1.165, 1.54) is 0 Å². The lowest BCUT2D eigenvalue weighted by molar-refractivity contribution is -0.129. The van der Waals surface area contributed by atoms with E-state index in [4.69, 9.17) is 11.6 Å². The summed E-state index contributed by atoms with van der Waals surface area (Å²) in [7, 11) is 0. The lowest BCUT2D eigenvalue weighted by Crippen LogP contribution is -2.48. The molecular weight excluding hydrogens is 386 g/mol. The zero-order valence-corrected chi connectivity index (χ0v) is 16.9. The van der Waals surface area contributed by atoms with Gasteiger partial charge in [-0.1, -0.05) is 35.9 Å². The first-order valence-electron chi connectivity index (χ1n) is 9.62. The van der Waals surface area contributed by atoms with Crippen LogP contribution in [0.3, 0.4) is 0 Å². The van der Waals surface area contributed by atoms with E-state index >= 15 is 0 Å². The molecule has 0 aromatic heterocycles. The van der Waals surface area contributed by atoms with Gasteiger partial charge in [0.05, 0.1) is 0 Å². The first-order valence-corrected chi connectivity index (χ1v) is 10.00. The molecule has 4 rings (SSSR count). The van der Waals surface area contributed by atoms with Crippen LogP contribution >= 0.6 is 11.6 Å². The number of carbonyl (C=O) groups is 2. The Balaban J connectivity index is 1.46. The fourth-order valence-corrected chi connectivity index (χ4v) is 3.94. The van der Waals surface area contributed by atoms with Gasteiger partial charge < -0.3 is 15.1 Å². The van der Waals surface area contributed by atoms with E-state index in [-0.39, 0.29) is 11.8 Å². The molecule has 1 N–H and O–H groups in total. The Kier molecular flexibility index (Phi) is 5.41. The zero-order valence-electron chi connectivity index (χ0n) is 16.2. The molecule has 0 bridgehead atoms. The Bertz CT molecular complexity index is 1060. The fraction of sp³-hybridized carbons (Fsp3) is 0.217. The largest absolute Gasteiger partial charge is 0.368 e. The van der Waals surface area contributed by atoms with Crippen molar-refractivity contribution in [3.63, 3.8) is 0 Å². The van der Waals surface area contributed by atoms with Crippen molar-refractivity contribution >= 4 is 45.6 Å². The molecule has 0 atom stereocenters. The first kappa shape index (κ1) is 19.3. The summed E-state index contributed by atoms with van der Waals surface area (Å²) < 4.78 is 0. The lowest BCUT2D eigenvalue weighted by Gasteiger charge is -2.35. The highest BCUT2D eigenvalue weighted by Crippen LogP contribution is 2.27. The van der Waals surface area contributed by atoms with Gasteiger partial charge in [-0.2, -0.15) is 0 Å². The average Bonchev–Trinajstić information content (AvgIpc) is 2.74. The van der Waals surface area contributed by atoms with Crippen molar-refractivity contribution in [2.24, 2.45) is 0 Å². The maximum absolute atomic E-state index is 12.8. The molecule has 3 aromatic rings. The molecule has 0 aliphatic carbocycles. The van der Waals surface area contributed by atoms with Gasteiger partial charge in [0.2, 0.25) is 5.91 Å². The molecular formula is C23H22ClN3O2. The lowest BCUT2D eigenvalue weighted by atomic mass is 10.0. The quantitative estimate of drug-likeness (QED) is 0.699. The van der Waals surface area contributed by atoms with Crippen LogP contribution in [0, 0.1) is 0 Å². The van der Waals surface area contributed by atoms with Crippen LogP contribution in [0.5, 0.6) is 0 Å². The number of amides is 2. The summed E-state index contributed by atoms with van der Waals surface area (Å²) >= 11 is 6.25. The van der Waals surface area contributed by atoms with Crippen LogP contribution in [-0.2, 0) is 4.79 Å².